The van der Waals surface area contributed by atoms with Gasteiger partial charge in [0.05, 0.1) is 4.47 Å². The number of likely N-dealkylation sites (tertiary alicyclic amines) is 1. The van der Waals surface area contributed by atoms with Crippen LogP contribution in [0.25, 0.3) is 0 Å². The highest BCUT2D eigenvalue weighted by molar-refractivity contribution is 9.10. The Bertz CT molecular complexity index is 493. The molecule has 0 bridgehead atoms. The molecule has 0 aliphatic carbocycles. The van der Waals surface area contributed by atoms with Gasteiger partial charge in [-0.25, -0.2) is 0 Å². The first-order chi connectivity index (χ1) is 9.47. The second-order valence-electron chi connectivity index (χ2n) is 5.38. The smallest absolute Gasteiger partial charge is 0.263 e. The van der Waals surface area contributed by atoms with Crippen LogP contribution in [0.4, 0.5) is 0 Å². The molecule has 4 nitrogen and oxygen atoms in total. The number of carbonyl (C=O) groups excluding carboxylic acids is 1. The Morgan fingerprint density at radius 1 is 1.55 bits per heavy atom. The molecule has 2 unspecified atom stereocenters. The van der Waals surface area contributed by atoms with Crippen LogP contribution in [-0.4, -0.2) is 36.0 Å². The summed E-state index contributed by atoms with van der Waals surface area (Å²) in [4.78, 5) is 14.2. The van der Waals surface area contributed by atoms with E-state index in [9.17, 15) is 4.79 Å². The molecule has 1 saturated heterocycles. The van der Waals surface area contributed by atoms with Crippen LogP contribution in [0.2, 0.25) is 0 Å². The van der Waals surface area contributed by atoms with Crippen molar-refractivity contribution in [3.63, 3.8) is 0 Å². The molecule has 1 heterocycles. The molecule has 0 aromatic heterocycles. The van der Waals surface area contributed by atoms with E-state index in [0.717, 1.165) is 29.4 Å². The summed E-state index contributed by atoms with van der Waals surface area (Å²) in [6, 6.07) is 5.91. The third-order valence-electron chi connectivity index (χ3n) is 3.51. The van der Waals surface area contributed by atoms with E-state index in [1.54, 1.807) is 11.8 Å². The van der Waals surface area contributed by atoms with Crippen LogP contribution in [0, 0.1) is 6.92 Å². The standard InChI is InChI=1S/C15H21BrN2O2/c1-10-5-6-14(13(16)8-10)20-11(2)15(19)18-7-3-4-12(17)9-18/h5-6,8,11-12H,3-4,7,9,17H2,1-2H3. The van der Waals surface area contributed by atoms with Crippen LogP contribution in [0.5, 0.6) is 5.75 Å². The van der Waals surface area contributed by atoms with Gasteiger partial charge in [-0.15, -0.1) is 0 Å². The maximum Gasteiger partial charge on any atom is 0.263 e. The Labute approximate surface area is 128 Å². The average molecular weight is 341 g/mol. The van der Waals surface area contributed by atoms with E-state index in [0.29, 0.717) is 12.3 Å². The van der Waals surface area contributed by atoms with Gasteiger partial charge in [0.2, 0.25) is 0 Å². The number of amides is 1. The van der Waals surface area contributed by atoms with Crippen LogP contribution < -0.4 is 10.5 Å². The maximum atomic E-state index is 12.4. The zero-order valence-electron chi connectivity index (χ0n) is 11.9. The molecule has 2 N–H and O–H groups in total. The van der Waals surface area contributed by atoms with E-state index >= 15 is 0 Å². The average Bonchev–Trinajstić information content (AvgIpc) is 2.41. The largest absolute Gasteiger partial charge is 0.480 e. The lowest BCUT2D eigenvalue weighted by atomic mass is 10.1. The zero-order valence-corrected chi connectivity index (χ0v) is 13.5. The predicted octanol–water partition coefficient (Wildman–Crippen LogP) is 2.47. The Morgan fingerprint density at radius 2 is 2.30 bits per heavy atom. The minimum absolute atomic E-state index is 0.00706. The first-order valence-electron chi connectivity index (χ1n) is 6.94. The number of nitrogens with zero attached hydrogens (tertiary/aromatic N) is 1. The lowest BCUT2D eigenvalue weighted by Gasteiger charge is -2.32. The summed E-state index contributed by atoms with van der Waals surface area (Å²) in [5, 5.41) is 0. The number of rotatable bonds is 3. The number of nitrogens with two attached hydrogens (primary N) is 1. The topological polar surface area (TPSA) is 55.6 Å². The normalized spacial score (nSPS) is 20.6. The van der Waals surface area contributed by atoms with Gasteiger partial charge in [0, 0.05) is 19.1 Å². The summed E-state index contributed by atoms with van der Waals surface area (Å²) in [5.41, 5.74) is 7.06. The maximum absolute atomic E-state index is 12.4. The Balaban J connectivity index is 2.00. The molecule has 1 aliphatic rings. The molecule has 1 aromatic carbocycles. The number of halogens is 1. The van der Waals surface area contributed by atoms with Crippen molar-refractivity contribution in [3.05, 3.63) is 28.2 Å². The van der Waals surface area contributed by atoms with Crippen molar-refractivity contribution in [2.45, 2.75) is 38.8 Å². The van der Waals surface area contributed by atoms with Gasteiger partial charge in [0.1, 0.15) is 5.75 Å². The summed E-state index contributed by atoms with van der Waals surface area (Å²) in [7, 11) is 0. The molecule has 1 aliphatic heterocycles. The second kappa shape index (κ2) is 6.59. The SMILES string of the molecule is Cc1ccc(OC(C)C(=O)N2CCCC(N)C2)c(Br)c1. The highest BCUT2D eigenvalue weighted by Gasteiger charge is 2.26. The lowest BCUT2D eigenvalue weighted by Crippen LogP contribution is -2.49. The van der Waals surface area contributed by atoms with Gasteiger partial charge in [0.25, 0.3) is 5.91 Å². The highest BCUT2D eigenvalue weighted by atomic mass is 79.9. The molecule has 1 aromatic rings. The van der Waals surface area contributed by atoms with Gasteiger partial charge < -0.3 is 15.4 Å². The third kappa shape index (κ3) is 3.73. The number of piperidine rings is 1. The second-order valence-corrected chi connectivity index (χ2v) is 6.23. The first kappa shape index (κ1) is 15.3. The van der Waals surface area contributed by atoms with E-state index in [4.69, 9.17) is 10.5 Å². The van der Waals surface area contributed by atoms with E-state index in [1.165, 1.54) is 0 Å². The minimum Gasteiger partial charge on any atom is -0.480 e. The Kier molecular flexibility index (Phi) is 5.05. The van der Waals surface area contributed by atoms with Crippen molar-refractivity contribution in [3.8, 4) is 5.75 Å². The predicted molar refractivity (Wildman–Crippen MR) is 82.8 cm³/mol. The van der Waals surface area contributed by atoms with Crippen LogP contribution in [0.3, 0.4) is 0 Å². The lowest BCUT2D eigenvalue weighted by molar-refractivity contribution is -0.139. The van der Waals surface area contributed by atoms with Gasteiger partial charge >= 0.3 is 0 Å². The summed E-state index contributed by atoms with van der Waals surface area (Å²) < 4.78 is 6.64. The van der Waals surface area contributed by atoms with Crippen LogP contribution in [0.15, 0.2) is 22.7 Å². The highest BCUT2D eigenvalue weighted by Crippen LogP contribution is 2.27. The number of hydrogen-bond acceptors (Lipinski definition) is 3. The van der Waals surface area contributed by atoms with Crippen molar-refractivity contribution in [1.29, 1.82) is 0 Å². The van der Waals surface area contributed by atoms with E-state index < -0.39 is 6.10 Å². The van der Waals surface area contributed by atoms with Crippen molar-refractivity contribution in [2.24, 2.45) is 5.73 Å². The molecular formula is C15H21BrN2O2. The quantitative estimate of drug-likeness (QED) is 0.919. The summed E-state index contributed by atoms with van der Waals surface area (Å²) in [6.45, 7) is 5.20. The number of ether oxygens (including phenoxy) is 1. The summed E-state index contributed by atoms with van der Waals surface area (Å²) >= 11 is 3.46. The number of benzene rings is 1. The Morgan fingerprint density at radius 3 is 2.95 bits per heavy atom. The fraction of sp³-hybridized carbons (Fsp3) is 0.533. The van der Waals surface area contributed by atoms with Crippen molar-refractivity contribution in [1.82, 2.24) is 4.90 Å². The molecule has 1 fully saturated rings. The van der Waals surface area contributed by atoms with E-state index in [-0.39, 0.29) is 11.9 Å². The van der Waals surface area contributed by atoms with E-state index in [1.807, 2.05) is 25.1 Å². The van der Waals surface area contributed by atoms with E-state index in [2.05, 4.69) is 15.9 Å². The minimum atomic E-state index is -0.501. The molecule has 0 saturated carbocycles. The molecule has 2 rings (SSSR count). The van der Waals surface area contributed by atoms with Gasteiger partial charge in [-0.2, -0.15) is 0 Å². The van der Waals surface area contributed by atoms with Crippen LogP contribution >= 0.6 is 15.9 Å². The molecule has 0 spiro atoms. The fourth-order valence-electron chi connectivity index (χ4n) is 2.41. The van der Waals surface area contributed by atoms with Gasteiger partial charge in [-0.05, 0) is 60.3 Å². The van der Waals surface area contributed by atoms with Crippen molar-refractivity contribution in [2.75, 3.05) is 13.1 Å². The van der Waals surface area contributed by atoms with Gasteiger partial charge in [0.15, 0.2) is 6.10 Å². The fourth-order valence-corrected chi connectivity index (χ4v) is 3.00. The molecular weight excluding hydrogens is 320 g/mol. The van der Waals surface area contributed by atoms with Crippen molar-refractivity contribution < 1.29 is 9.53 Å². The zero-order chi connectivity index (χ0) is 14.7. The molecule has 110 valence electrons. The first-order valence-corrected chi connectivity index (χ1v) is 7.74. The molecule has 2 atom stereocenters. The molecule has 1 amide bonds. The number of aryl methyl sites for hydroxylation is 1. The number of hydrogen-bond donors (Lipinski definition) is 1. The Hall–Kier alpha value is -1.07. The summed E-state index contributed by atoms with van der Waals surface area (Å²) in [5.74, 6) is 0.699. The van der Waals surface area contributed by atoms with Gasteiger partial charge in [-0.1, -0.05) is 6.07 Å². The third-order valence-corrected chi connectivity index (χ3v) is 4.13. The van der Waals surface area contributed by atoms with Crippen LogP contribution in [0.1, 0.15) is 25.3 Å². The van der Waals surface area contributed by atoms with Gasteiger partial charge in [-0.3, -0.25) is 4.79 Å². The monoisotopic (exact) mass is 340 g/mol. The molecule has 20 heavy (non-hydrogen) atoms. The number of carbonyl (C=O) groups is 1. The van der Waals surface area contributed by atoms with Crippen molar-refractivity contribution >= 4 is 21.8 Å². The molecule has 5 heteroatoms. The van der Waals surface area contributed by atoms with Crippen LogP contribution in [-0.2, 0) is 4.79 Å². The molecule has 0 radical (unpaired) electrons. The summed E-state index contributed by atoms with van der Waals surface area (Å²) in [6.07, 6.45) is 1.45.